The van der Waals surface area contributed by atoms with Gasteiger partial charge < -0.3 is 9.80 Å². The van der Waals surface area contributed by atoms with Crippen LogP contribution in [0.4, 0.5) is 10.3 Å². The Morgan fingerprint density at radius 2 is 1.79 bits per heavy atom. The van der Waals surface area contributed by atoms with Gasteiger partial charge in [-0.1, -0.05) is 18.5 Å². The number of aromatic nitrogens is 2. The third kappa shape index (κ3) is 5.35. The third-order valence-electron chi connectivity index (χ3n) is 6.84. The van der Waals surface area contributed by atoms with Crippen molar-refractivity contribution in [3.8, 4) is 0 Å². The molecule has 184 valence electrons. The Bertz CT molecular complexity index is 1150. The highest BCUT2D eigenvalue weighted by Crippen LogP contribution is 2.31. The van der Waals surface area contributed by atoms with Gasteiger partial charge in [0.25, 0.3) is 0 Å². The van der Waals surface area contributed by atoms with Crippen LogP contribution >= 0.6 is 11.6 Å². The molecular formula is C24H30ClFN4O3S. The van der Waals surface area contributed by atoms with Crippen LogP contribution in [0.3, 0.4) is 0 Å². The Hall–Kier alpha value is -2.26. The molecular weight excluding hydrogens is 479 g/mol. The van der Waals surface area contributed by atoms with E-state index in [1.807, 2.05) is 17.3 Å². The van der Waals surface area contributed by atoms with Gasteiger partial charge in [0.2, 0.25) is 11.9 Å². The highest BCUT2D eigenvalue weighted by atomic mass is 35.5. The first-order valence-electron chi connectivity index (χ1n) is 11.7. The van der Waals surface area contributed by atoms with Gasteiger partial charge in [-0.3, -0.25) is 4.79 Å². The quantitative estimate of drug-likeness (QED) is 0.592. The first-order valence-corrected chi connectivity index (χ1v) is 14.0. The zero-order chi connectivity index (χ0) is 24.5. The van der Waals surface area contributed by atoms with Crippen LogP contribution in [0, 0.1) is 11.7 Å². The number of halogens is 2. The van der Waals surface area contributed by atoms with Crippen molar-refractivity contribution >= 4 is 33.3 Å². The molecule has 1 aromatic carbocycles. The number of amides is 1. The largest absolute Gasteiger partial charge is 0.341 e. The number of hydrogen-bond donors (Lipinski definition) is 0. The van der Waals surface area contributed by atoms with Gasteiger partial charge in [-0.2, -0.15) is 0 Å². The fraction of sp³-hybridized carbons (Fsp3) is 0.542. The fourth-order valence-electron chi connectivity index (χ4n) is 4.88. The van der Waals surface area contributed by atoms with Gasteiger partial charge in [-0.25, -0.2) is 22.8 Å². The molecule has 1 amide bonds. The number of carbonyl (C=O) groups excluding carboxylic acids is 1. The van der Waals surface area contributed by atoms with Crippen LogP contribution in [0.2, 0.25) is 5.02 Å². The van der Waals surface area contributed by atoms with Gasteiger partial charge in [0, 0.05) is 50.2 Å². The Balaban J connectivity index is 1.40. The van der Waals surface area contributed by atoms with Crippen LogP contribution < -0.4 is 4.90 Å². The number of benzene rings is 1. The lowest BCUT2D eigenvalue weighted by Gasteiger charge is -2.42. The second-order valence-electron chi connectivity index (χ2n) is 9.18. The maximum atomic E-state index is 14.7. The average Bonchev–Trinajstić information content (AvgIpc) is 2.82. The molecule has 10 heteroatoms. The molecule has 0 spiro atoms. The molecule has 2 fully saturated rings. The molecule has 1 atom stereocenters. The number of aryl methyl sites for hydroxylation is 1. The van der Waals surface area contributed by atoms with Crippen molar-refractivity contribution in [2.45, 2.75) is 56.4 Å². The molecule has 0 aliphatic carbocycles. The number of nitrogens with zero attached hydrogens (tertiary/aromatic N) is 4. The Kier molecular flexibility index (Phi) is 7.42. The van der Waals surface area contributed by atoms with E-state index in [0.717, 1.165) is 62.6 Å². The summed E-state index contributed by atoms with van der Waals surface area (Å²) in [5.41, 5.74) is 1.38. The summed E-state index contributed by atoms with van der Waals surface area (Å²) in [4.78, 5) is 26.1. The van der Waals surface area contributed by atoms with Gasteiger partial charge in [-0.05, 0) is 61.8 Å². The molecule has 2 saturated heterocycles. The van der Waals surface area contributed by atoms with Crippen molar-refractivity contribution in [3.63, 3.8) is 0 Å². The molecule has 0 radical (unpaired) electrons. The van der Waals surface area contributed by atoms with Crippen molar-refractivity contribution < 1.29 is 17.6 Å². The minimum atomic E-state index is -3.63. The Morgan fingerprint density at radius 1 is 1.12 bits per heavy atom. The lowest BCUT2D eigenvalue weighted by atomic mass is 9.88. The summed E-state index contributed by atoms with van der Waals surface area (Å²) in [5, 5.41) is -0.0134. The topological polar surface area (TPSA) is 83.5 Å². The smallest absolute Gasteiger partial charge is 0.226 e. The maximum Gasteiger partial charge on any atom is 0.226 e. The second-order valence-corrected chi connectivity index (χ2v) is 11.6. The highest BCUT2D eigenvalue weighted by molar-refractivity contribution is 7.90. The number of hydrogen-bond acceptors (Lipinski definition) is 6. The predicted octanol–water partition coefficient (Wildman–Crippen LogP) is 3.69. The molecule has 2 aromatic rings. The number of anilines is 1. The van der Waals surface area contributed by atoms with E-state index < -0.39 is 15.7 Å². The van der Waals surface area contributed by atoms with E-state index in [1.54, 1.807) is 0 Å². The van der Waals surface area contributed by atoms with E-state index >= 15 is 0 Å². The molecule has 0 N–H and O–H groups in total. The molecule has 4 rings (SSSR count). The predicted molar refractivity (Wildman–Crippen MR) is 129 cm³/mol. The summed E-state index contributed by atoms with van der Waals surface area (Å²) >= 11 is 6.12. The lowest BCUT2D eigenvalue weighted by Crippen LogP contribution is -2.52. The molecule has 2 aliphatic heterocycles. The van der Waals surface area contributed by atoms with E-state index in [2.05, 4.69) is 21.8 Å². The minimum Gasteiger partial charge on any atom is -0.341 e. The number of carbonyl (C=O) groups is 1. The number of piperidine rings is 2. The summed E-state index contributed by atoms with van der Waals surface area (Å²) in [6.07, 6.45) is 9.03. The zero-order valence-corrected chi connectivity index (χ0v) is 21.1. The van der Waals surface area contributed by atoms with Crippen LogP contribution in [-0.2, 0) is 27.5 Å². The normalized spacial score (nSPS) is 20.1. The van der Waals surface area contributed by atoms with Crippen LogP contribution in [0.15, 0.2) is 29.4 Å². The number of rotatable bonds is 6. The maximum absolute atomic E-state index is 14.7. The van der Waals surface area contributed by atoms with Gasteiger partial charge >= 0.3 is 0 Å². The average molecular weight is 509 g/mol. The van der Waals surface area contributed by atoms with Crippen molar-refractivity contribution in [1.29, 1.82) is 0 Å². The van der Waals surface area contributed by atoms with Crippen molar-refractivity contribution in [2.75, 3.05) is 30.8 Å². The summed E-state index contributed by atoms with van der Waals surface area (Å²) < 4.78 is 38.3. The lowest BCUT2D eigenvalue weighted by molar-refractivity contribution is -0.141. The second kappa shape index (κ2) is 10.2. The first-order chi connectivity index (χ1) is 16.2. The Labute approximate surface area is 205 Å². The highest BCUT2D eigenvalue weighted by Gasteiger charge is 2.35. The van der Waals surface area contributed by atoms with E-state index in [9.17, 15) is 17.6 Å². The molecule has 7 nitrogen and oxygen atoms in total. The third-order valence-corrected chi connectivity index (χ3v) is 8.40. The molecule has 3 heterocycles. The van der Waals surface area contributed by atoms with Gasteiger partial charge in [0.15, 0.2) is 9.84 Å². The summed E-state index contributed by atoms with van der Waals surface area (Å²) in [5.74, 6) is -0.220. The molecule has 34 heavy (non-hydrogen) atoms. The van der Waals surface area contributed by atoms with Crippen LogP contribution in [0.5, 0.6) is 0 Å². The van der Waals surface area contributed by atoms with Crippen LogP contribution in [-0.4, -0.2) is 61.1 Å². The molecule has 0 bridgehead atoms. The van der Waals surface area contributed by atoms with E-state index in [4.69, 9.17) is 11.6 Å². The summed E-state index contributed by atoms with van der Waals surface area (Å²) in [6, 6.07) is 2.45. The minimum absolute atomic E-state index is 0.0134. The van der Waals surface area contributed by atoms with Crippen molar-refractivity contribution in [2.24, 2.45) is 5.92 Å². The van der Waals surface area contributed by atoms with Gasteiger partial charge in [0.1, 0.15) is 5.82 Å². The molecule has 1 aromatic heterocycles. The van der Waals surface area contributed by atoms with Gasteiger partial charge in [0.05, 0.1) is 9.92 Å². The van der Waals surface area contributed by atoms with Crippen molar-refractivity contribution in [1.82, 2.24) is 14.9 Å². The molecule has 0 unspecified atom stereocenters. The molecule has 0 saturated carbocycles. The SMILES string of the molecule is CCc1cnc(N2CCC(N3CCC[C@H](Cc4cc(Cl)c(S(C)(=O)=O)cc4F)C3=O)CC2)nc1. The van der Waals surface area contributed by atoms with Crippen LogP contribution in [0.1, 0.15) is 43.7 Å². The van der Waals surface area contributed by atoms with Crippen LogP contribution in [0.25, 0.3) is 0 Å². The zero-order valence-electron chi connectivity index (χ0n) is 19.5. The van der Waals surface area contributed by atoms with E-state index in [-0.39, 0.29) is 39.8 Å². The van der Waals surface area contributed by atoms with Crippen molar-refractivity contribution in [3.05, 3.63) is 46.5 Å². The van der Waals surface area contributed by atoms with E-state index in [0.29, 0.717) is 13.0 Å². The standard InChI is InChI=1S/C24H30ClFN4O3S/c1-3-16-14-27-24(28-15-16)29-9-6-19(7-10-29)30-8-4-5-17(23(30)31)11-18-12-20(25)22(13-21(18)26)34(2,32)33/h12-15,17,19H,3-11H2,1-2H3/t17-/m1/s1. The summed E-state index contributed by atoms with van der Waals surface area (Å²) in [7, 11) is -3.63. The fourth-order valence-corrected chi connectivity index (χ4v) is 6.21. The number of likely N-dealkylation sites (tertiary alicyclic amines) is 1. The van der Waals surface area contributed by atoms with Gasteiger partial charge in [-0.15, -0.1) is 0 Å². The number of sulfone groups is 1. The Morgan fingerprint density at radius 3 is 2.41 bits per heavy atom. The van der Waals surface area contributed by atoms with E-state index in [1.165, 1.54) is 6.07 Å². The summed E-state index contributed by atoms with van der Waals surface area (Å²) in [6.45, 7) is 4.34. The molecule has 2 aliphatic rings. The first kappa shape index (κ1) is 24.9. The monoisotopic (exact) mass is 508 g/mol.